The van der Waals surface area contributed by atoms with E-state index in [2.05, 4.69) is 5.32 Å². The van der Waals surface area contributed by atoms with Crippen LogP contribution in [-0.4, -0.2) is 55.5 Å². The summed E-state index contributed by atoms with van der Waals surface area (Å²) >= 11 is 0. The number of carbonyl (C=O) groups excluding carboxylic acids is 2. The van der Waals surface area contributed by atoms with E-state index >= 15 is 0 Å². The van der Waals surface area contributed by atoms with E-state index in [0.29, 0.717) is 32.5 Å². The van der Waals surface area contributed by atoms with Gasteiger partial charge in [0.25, 0.3) is 0 Å². The Morgan fingerprint density at radius 2 is 1.74 bits per heavy atom. The first-order valence-electron chi connectivity index (χ1n) is 9.91. The second kappa shape index (κ2) is 8.28. The smallest absolute Gasteiger partial charge is 0.319 e. The Kier molecular flexibility index (Phi) is 6.02. The summed E-state index contributed by atoms with van der Waals surface area (Å²) in [5.41, 5.74) is 1.04. The molecule has 1 aliphatic carbocycles. The average Bonchev–Trinajstić information content (AvgIpc) is 3.16. The molecule has 0 unspecified atom stereocenters. The predicted molar refractivity (Wildman–Crippen MR) is 103 cm³/mol. The van der Waals surface area contributed by atoms with Crippen molar-refractivity contribution in [3.63, 3.8) is 0 Å². The molecule has 2 aliphatic rings. The molecule has 0 spiro atoms. The third-order valence-electron chi connectivity index (χ3n) is 6.14. The molecule has 148 valence electrons. The maximum atomic E-state index is 13.3. The van der Waals surface area contributed by atoms with Crippen LogP contribution in [0.15, 0.2) is 24.3 Å². The SMILES string of the molecule is CN(C)C(=O)N1CCC(C(=O)NCC2(c3ccc(F)cc3)CCCC2)CC1. The van der Waals surface area contributed by atoms with Crippen LogP contribution in [0.4, 0.5) is 9.18 Å². The molecule has 1 aromatic carbocycles. The topological polar surface area (TPSA) is 52.7 Å². The van der Waals surface area contributed by atoms with E-state index in [1.54, 1.807) is 23.9 Å². The first-order valence-corrected chi connectivity index (χ1v) is 9.91. The molecule has 3 rings (SSSR count). The van der Waals surface area contributed by atoms with E-state index in [-0.39, 0.29) is 29.1 Å². The Bertz CT molecular complexity index is 661. The van der Waals surface area contributed by atoms with E-state index < -0.39 is 0 Å². The summed E-state index contributed by atoms with van der Waals surface area (Å²) in [6, 6.07) is 6.75. The minimum atomic E-state index is -0.227. The molecule has 1 N–H and O–H groups in total. The van der Waals surface area contributed by atoms with Gasteiger partial charge in [0.15, 0.2) is 0 Å². The second-order valence-electron chi connectivity index (χ2n) is 8.15. The fraction of sp³-hybridized carbons (Fsp3) is 0.619. The van der Waals surface area contributed by atoms with Crippen LogP contribution in [0.25, 0.3) is 0 Å². The molecule has 1 aromatic rings. The summed E-state index contributed by atoms with van der Waals surface area (Å²) in [5.74, 6) is -0.182. The van der Waals surface area contributed by atoms with Crippen LogP contribution >= 0.6 is 0 Å². The van der Waals surface area contributed by atoms with Crippen molar-refractivity contribution in [1.29, 1.82) is 0 Å². The maximum absolute atomic E-state index is 13.3. The lowest BCUT2D eigenvalue weighted by Crippen LogP contribution is -2.48. The summed E-state index contributed by atoms with van der Waals surface area (Å²) in [4.78, 5) is 28.1. The van der Waals surface area contributed by atoms with Gasteiger partial charge in [-0.2, -0.15) is 0 Å². The van der Waals surface area contributed by atoms with Gasteiger partial charge in [-0.15, -0.1) is 0 Å². The number of rotatable bonds is 4. The van der Waals surface area contributed by atoms with Crippen molar-refractivity contribution in [2.75, 3.05) is 33.7 Å². The van der Waals surface area contributed by atoms with Gasteiger partial charge >= 0.3 is 6.03 Å². The van der Waals surface area contributed by atoms with Crippen molar-refractivity contribution in [1.82, 2.24) is 15.1 Å². The van der Waals surface area contributed by atoms with Crippen LogP contribution in [0.1, 0.15) is 44.1 Å². The van der Waals surface area contributed by atoms with Crippen molar-refractivity contribution in [3.8, 4) is 0 Å². The molecule has 0 aromatic heterocycles. The Hall–Kier alpha value is -2.11. The quantitative estimate of drug-likeness (QED) is 0.879. The standard InChI is InChI=1S/C21H30FN3O2/c1-24(2)20(27)25-13-9-16(10-14-25)19(26)23-15-21(11-3-4-12-21)17-5-7-18(22)8-6-17/h5-8,16H,3-4,9-15H2,1-2H3,(H,23,26). The normalized spacial score (nSPS) is 19.7. The number of hydrogen-bond acceptors (Lipinski definition) is 2. The zero-order valence-electron chi connectivity index (χ0n) is 16.3. The van der Waals surface area contributed by atoms with Gasteiger partial charge in [0.2, 0.25) is 5.91 Å². The lowest BCUT2D eigenvalue weighted by Gasteiger charge is -2.34. The van der Waals surface area contributed by atoms with Gasteiger partial charge < -0.3 is 15.1 Å². The Morgan fingerprint density at radius 1 is 1.15 bits per heavy atom. The molecule has 0 radical (unpaired) electrons. The monoisotopic (exact) mass is 375 g/mol. The molecule has 6 heteroatoms. The zero-order chi connectivity index (χ0) is 19.4. The fourth-order valence-electron chi connectivity index (χ4n) is 4.44. The summed E-state index contributed by atoms with van der Waals surface area (Å²) in [6.45, 7) is 1.85. The Labute approximate surface area is 160 Å². The van der Waals surface area contributed by atoms with Crippen molar-refractivity contribution in [3.05, 3.63) is 35.6 Å². The average molecular weight is 375 g/mol. The number of piperidine rings is 1. The van der Waals surface area contributed by atoms with E-state index in [0.717, 1.165) is 31.2 Å². The molecular weight excluding hydrogens is 345 g/mol. The van der Waals surface area contributed by atoms with Gasteiger partial charge in [-0.3, -0.25) is 4.79 Å². The molecule has 1 saturated carbocycles. The fourth-order valence-corrected chi connectivity index (χ4v) is 4.44. The van der Waals surface area contributed by atoms with Gasteiger partial charge in [-0.25, -0.2) is 9.18 Å². The molecular formula is C21H30FN3O2. The number of carbonyl (C=O) groups is 2. The number of halogens is 1. The Balaban J connectivity index is 1.56. The second-order valence-corrected chi connectivity index (χ2v) is 8.15. The first-order chi connectivity index (χ1) is 12.9. The number of nitrogens with zero attached hydrogens (tertiary/aromatic N) is 2. The van der Waals surface area contributed by atoms with Gasteiger partial charge in [0.05, 0.1) is 0 Å². The Morgan fingerprint density at radius 3 is 2.30 bits per heavy atom. The van der Waals surface area contributed by atoms with Crippen molar-refractivity contribution in [2.24, 2.45) is 5.92 Å². The van der Waals surface area contributed by atoms with Crippen LogP contribution in [0.5, 0.6) is 0 Å². The lowest BCUT2D eigenvalue weighted by atomic mass is 9.78. The molecule has 0 bridgehead atoms. The predicted octanol–water partition coefficient (Wildman–Crippen LogP) is 3.15. The highest BCUT2D eigenvalue weighted by Gasteiger charge is 2.37. The lowest BCUT2D eigenvalue weighted by molar-refractivity contribution is -0.126. The number of nitrogens with one attached hydrogen (secondary N) is 1. The summed E-state index contributed by atoms with van der Waals surface area (Å²) in [6.07, 6.45) is 5.73. The number of likely N-dealkylation sites (tertiary alicyclic amines) is 1. The van der Waals surface area contributed by atoms with Crippen LogP contribution in [0.2, 0.25) is 0 Å². The van der Waals surface area contributed by atoms with E-state index in [1.165, 1.54) is 12.1 Å². The largest absolute Gasteiger partial charge is 0.355 e. The molecule has 1 aliphatic heterocycles. The molecule has 1 saturated heterocycles. The van der Waals surface area contributed by atoms with E-state index in [4.69, 9.17) is 0 Å². The van der Waals surface area contributed by atoms with E-state index in [9.17, 15) is 14.0 Å². The van der Waals surface area contributed by atoms with Crippen LogP contribution in [0.3, 0.4) is 0 Å². The van der Waals surface area contributed by atoms with Gasteiger partial charge in [0, 0.05) is 45.1 Å². The highest BCUT2D eigenvalue weighted by atomic mass is 19.1. The highest BCUT2D eigenvalue weighted by molar-refractivity contribution is 5.79. The van der Waals surface area contributed by atoms with Gasteiger partial charge in [0.1, 0.15) is 5.82 Å². The number of urea groups is 1. The molecule has 3 amide bonds. The highest BCUT2D eigenvalue weighted by Crippen LogP contribution is 2.40. The molecule has 5 nitrogen and oxygen atoms in total. The summed E-state index contributed by atoms with van der Waals surface area (Å²) in [5, 5.41) is 3.17. The van der Waals surface area contributed by atoms with Crippen molar-refractivity contribution >= 4 is 11.9 Å². The van der Waals surface area contributed by atoms with Crippen molar-refractivity contribution in [2.45, 2.75) is 43.9 Å². The van der Waals surface area contributed by atoms with Crippen molar-refractivity contribution < 1.29 is 14.0 Å². The number of benzene rings is 1. The van der Waals surface area contributed by atoms with Crippen LogP contribution in [-0.2, 0) is 10.2 Å². The van der Waals surface area contributed by atoms with Crippen LogP contribution < -0.4 is 5.32 Å². The molecule has 27 heavy (non-hydrogen) atoms. The third kappa shape index (κ3) is 4.42. The summed E-state index contributed by atoms with van der Waals surface area (Å²) in [7, 11) is 3.50. The van der Waals surface area contributed by atoms with Crippen LogP contribution in [0, 0.1) is 11.7 Å². The minimum Gasteiger partial charge on any atom is -0.355 e. The minimum absolute atomic E-state index is 0.00933. The van der Waals surface area contributed by atoms with Gasteiger partial charge in [-0.05, 0) is 43.4 Å². The zero-order valence-corrected chi connectivity index (χ0v) is 16.3. The van der Waals surface area contributed by atoms with Gasteiger partial charge in [-0.1, -0.05) is 25.0 Å². The summed E-state index contributed by atoms with van der Waals surface area (Å²) < 4.78 is 13.3. The molecule has 2 fully saturated rings. The third-order valence-corrected chi connectivity index (χ3v) is 6.14. The number of amides is 3. The number of hydrogen-bond donors (Lipinski definition) is 1. The molecule has 0 atom stereocenters. The maximum Gasteiger partial charge on any atom is 0.319 e. The van der Waals surface area contributed by atoms with E-state index in [1.807, 2.05) is 12.1 Å². The first kappa shape index (κ1) is 19.6. The molecule has 1 heterocycles.